The van der Waals surface area contributed by atoms with E-state index >= 15 is 0 Å². The van der Waals surface area contributed by atoms with Gasteiger partial charge in [-0.15, -0.1) is 5.10 Å². The van der Waals surface area contributed by atoms with Crippen LogP contribution in [0.15, 0.2) is 0 Å². The van der Waals surface area contributed by atoms with Crippen LogP contribution >= 0.6 is 0 Å². The number of nitrogens with zero attached hydrogens (tertiary/aromatic N) is 3. The summed E-state index contributed by atoms with van der Waals surface area (Å²) in [4.78, 5) is 16.1. The minimum absolute atomic E-state index is 0.374. The summed E-state index contributed by atoms with van der Waals surface area (Å²) >= 11 is 0. The van der Waals surface area contributed by atoms with E-state index in [1.165, 1.54) is 0 Å². The first-order valence-corrected chi connectivity index (χ1v) is 7.81. The Labute approximate surface area is 125 Å². The van der Waals surface area contributed by atoms with Gasteiger partial charge in [-0.1, -0.05) is 33.1 Å². The van der Waals surface area contributed by atoms with Crippen molar-refractivity contribution < 1.29 is 9.90 Å². The van der Waals surface area contributed by atoms with Crippen LogP contribution in [-0.2, 0) is 17.6 Å². The van der Waals surface area contributed by atoms with Crippen molar-refractivity contribution in [2.45, 2.75) is 58.8 Å². The molecule has 2 rings (SSSR count). The van der Waals surface area contributed by atoms with Crippen LogP contribution in [0.2, 0.25) is 0 Å². The minimum Gasteiger partial charge on any atom is -0.481 e. The van der Waals surface area contributed by atoms with E-state index in [1.54, 1.807) is 0 Å². The molecule has 1 aromatic rings. The number of rotatable bonds is 6. The predicted octanol–water partition coefficient (Wildman–Crippen LogP) is 2.44. The molecule has 2 N–H and O–H groups in total. The third-order valence-electron chi connectivity index (χ3n) is 4.36. The number of carboxylic acid groups (broad SMARTS) is 1. The molecule has 0 aliphatic heterocycles. The average molecular weight is 292 g/mol. The van der Waals surface area contributed by atoms with Crippen molar-refractivity contribution in [2.75, 3.05) is 11.9 Å². The molecule has 0 saturated heterocycles. The fraction of sp³-hybridized carbons (Fsp3) is 0.733. The van der Waals surface area contributed by atoms with E-state index in [2.05, 4.69) is 20.5 Å². The maximum Gasteiger partial charge on any atom is 0.311 e. The molecule has 0 spiro atoms. The fourth-order valence-electron chi connectivity index (χ4n) is 2.96. The Hall–Kier alpha value is -1.72. The van der Waals surface area contributed by atoms with E-state index in [4.69, 9.17) is 0 Å². The van der Waals surface area contributed by atoms with Crippen molar-refractivity contribution >= 4 is 11.9 Å². The van der Waals surface area contributed by atoms with E-state index in [0.717, 1.165) is 56.3 Å². The quantitative estimate of drug-likeness (QED) is 0.837. The highest BCUT2D eigenvalue weighted by atomic mass is 16.4. The van der Waals surface area contributed by atoms with Gasteiger partial charge in [-0.05, 0) is 25.7 Å². The van der Waals surface area contributed by atoms with E-state index in [0.29, 0.717) is 12.5 Å². The summed E-state index contributed by atoms with van der Waals surface area (Å²) in [6, 6.07) is 0. The number of aryl methyl sites for hydroxylation is 2. The molecule has 1 heterocycles. The molecule has 21 heavy (non-hydrogen) atoms. The summed E-state index contributed by atoms with van der Waals surface area (Å²) in [6.45, 7) is 4.44. The van der Waals surface area contributed by atoms with Gasteiger partial charge in [0.2, 0.25) is 5.95 Å². The van der Waals surface area contributed by atoms with Crippen LogP contribution in [0.4, 0.5) is 5.95 Å². The molecule has 0 bridgehead atoms. The van der Waals surface area contributed by atoms with Crippen molar-refractivity contribution in [1.29, 1.82) is 0 Å². The molecular formula is C15H24N4O2. The Bertz CT molecular complexity index is 498. The first-order valence-electron chi connectivity index (χ1n) is 7.81. The summed E-state index contributed by atoms with van der Waals surface area (Å²) in [5, 5.41) is 20.9. The summed E-state index contributed by atoms with van der Waals surface area (Å²) in [6.07, 6.45) is 6.12. The summed E-state index contributed by atoms with van der Waals surface area (Å²) in [5.41, 5.74) is 1.16. The second kappa shape index (κ2) is 6.83. The minimum atomic E-state index is -0.719. The Kier molecular flexibility index (Phi) is 5.09. The lowest BCUT2D eigenvalue weighted by Gasteiger charge is -2.33. The number of aromatic nitrogens is 3. The van der Waals surface area contributed by atoms with Gasteiger partial charge in [0.1, 0.15) is 0 Å². The molecule has 0 unspecified atom stereocenters. The first-order chi connectivity index (χ1) is 10.1. The van der Waals surface area contributed by atoms with Crippen molar-refractivity contribution in [2.24, 2.45) is 5.41 Å². The van der Waals surface area contributed by atoms with Crippen LogP contribution in [0.5, 0.6) is 0 Å². The van der Waals surface area contributed by atoms with Crippen molar-refractivity contribution in [3.63, 3.8) is 0 Å². The Balaban J connectivity index is 2.09. The lowest BCUT2D eigenvalue weighted by atomic mass is 9.74. The van der Waals surface area contributed by atoms with Gasteiger partial charge in [0, 0.05) is 6.54 Å². The molecule has 0 radical (unpaired) electrons. The highest BCUT2D eigenvalue weighted by molar-refractivity contribution is 5.75. The van der Waals surface area contributed by atoms with Gasteiger partial charge in [-0.25, -0.2) is 4.98 Å². The smallest absolute Gasteiger partial charge is 0.311 e. The van der Waals surface area contributed by atoms with Crippen molar-refractivity contribution in [3.05, 3.63) is 11.4 Å². The summed E-state index contributed by atoms with van der Waals surface area (Å²) < 4.78 is 0. The van der Waals surface area contributed by atoms with Crippen molar-refractivity contribution in [3.8, 4) is 0 Å². The van der Waals surface area contributed by atoms with Crippen LogP contribution in [0.3, 0.4) is 0 Å². The summed E-state index contributed by atoms with van der Waals surface area (Å²) in [5.74, 6) is -0.279. The molecule has 116 valence electrons. The lowest BCUT2D eigenvalue weighted by molar-refractivity contribution is -0.150. The number of carbonyl (C=O) groups is 1. The molecule has 6 heteroatoms. The van der Waals surface area contributed by atoms with Crippen LogP contribution in [0, 0.1) is 5.41 Å². The van der Waals surface area contributed by atoms with Gasteiger partial charge in [0.05, 0.1) is 16.8 Å². The molecule has 1 aliphatic rings. The largest absolute Gasteiger partial charge is 0.481 e. The third-order valence-corrected chi connectivity index (χ3v) is 4.36. The fourth-order valence-corrected chi connectivity index (χ4v) is 2.96. The topological polar surface area (TPSA) is 88.0 Å². The first kappa shape index (κ1) is 15.7. The van der Waals surface area contributed by atoms with Crippen molar-refractivity contribution in [1.82, 2.24) is 15.2 Å². The van der Waals surface area contributed by atoms with E-state index in [-0.39, 0.29) is 0 Å². The zero-order valence-electron chi connectivity index (χ0n) is 12.9. The zero-order chi connectivity index (χ0) is 15.3. The molecule has 0 amide bonds. The zero-order valence-corrected chi connectivity index (χ0v) is 12.9. The van der Waals surface area contributed by atoms with Gasteiger partial charge in [-0.2, -0.15) is 5.10 Å². The Morgan fingerprint density at radius 3 is 2.38 bits per heavy atom. The summed E-state index contributed by atoms with van der Waals surface area (Å²) in [7, 11) is 0. The number of carboxylic acids is 1. The van der Waals surface area contributed by atoms with Crippen LogP contribution in [0.25, 0.3) is 0 Å². The van der Waals surface area contributed by atoms with Gasteiger partial charge < -0.3 is 10.4 Å². The highest BCUT2D eigenvalue weighted by Gasteiger charge is 2.39. The predicted molar refractivity (Wildman–Crippen MR) is 80.2 cm³/mol. The van der Waals surface area contributed by atoms with E-state index in [1.807, 2.05) is 13.8 Å². The number of hydrogen-bond donors (Lipinski definition) is 2. The number of hydrogen-bond acceptors (Lipinski definition) is 5. The maximum absolute atomic E-state index is 11.6. The van der Waals surface area contributed by atoms with Crippen LogP contribution < -0.4 is 5.32 Å². The Morgan fingerprint density at radius 2 is 1.81 bits per heavy atom. The maximum atomic E-state index is 11.6. The molecule has 1 aromatic heterocycles. The van der Waals surface area contributed by atoms with Crippen LogP contribution in [-0.4, -0.2) is 32.8 Å². The normalized spacial score (nSPS) is 17.4. The van der Waals surface area contributed by atoms with Gasteiger partial charge in [0.15, 0.2) is 0 Å². The number of nitrogens with one attached hydrogen (secondary N) is 1. The molecule has 0 atom stereocenters. The van der Waals surface area contributed by atoms with E-state index in [9.17, 15) is 9.90 Å². The second-order valence-electron chi connectivity index (χ2n) is 5.74. The van der Waals surface area contributed by atoms with Gasteiger partial charge in [0.25, 0.3) is 0 Å². The molecule has 1 fully saturated rings. The number of aliphatic carboxylic acids is 1. The van der Waals surface area contributed by atoms with Gasteiger partial charge >= 0.3 is 5.97 Å². The van der Waals surface area contributed by atoms with E-state index < -0.39 is 11.4 Å². The van der Waals surface area contributed by atoms with Gasteiger partial charge in [-0.3, -0.25) is 4.79 Å². The third kappa shape index (κ3) is 3.49. The molecule has 6 nitrogen and oxygen atoms in total. The second-order valence-corrected chi connectivity index (χ2v) is 5.74. The molecule has 0 aromatic carbocycles. The monoisotopic (exact) mass is 292 g/mol. The molecule has 1 saturated carbocycles. The molecule has 1 aliphatic carbocycles. The SMILES string of the molecule is CCc1nnc(NCC2(C(=O)O)CCCCC2)nc1CC. The highest BCUT2D eigenvalue weighted by Crippen LogP contribution is 2.36. The molecular weight excluding hydrogens is 268 g/mol. The standard InChI is InChI=1S/C15H24N4O2/c1-3-11-12(4-2)18-19-14(17-11)16-10-15(13(20)21)8-6-5-7-9-15/h3-10H2,1-2H3,(H,20,21)(H,16,17,19). The number of anilines is 1. The lowest BCUT2D eigenvalue weighted by Crippen LogP contribution is -2.40. The average Bonchev–Trinajstić information content (AvgIpc) is 2.53. The Morgan fingerprint density at radius 1 is 1.14 bits per heavy atom. The van der Waals surface area contributed by atoms with Crippen LogP contribution in [0.1, 0.15) is 57.3 Å².